The quantitative estimate of drug-likeness (QED) is 0.597. The number of hydrogen-bond donors (Lipinski definition) is 3. The number of aromatic amines is 1. The first kappa shape index (κ1) is 15.5. The van der Waals surface area contributed by atoms with E-state index < -0.39 is 0 Å². The summed E-state index contributed by atoms with van der Waals surface area (Å²) in [7, 11) is 1.83. The molecule has 5 nitrogen and oxygen atoms in total. The van der Waals surface area contributed by atoms with Crippen LogP contribution < -0.4 is 10.6 Å². The number of hydrogen-bond acceptors (Lipinski definition) is 2. The summed E-state index contributed by atoms with van der Waals surface area (Å²) in [6.07, 6.45) is 7.41. The van der Waals surface area contributed by atoms with Gasteiger partial charge in [-0.3, -0.25) is 4.99 Å². The maximum Gasteiger partial charge on any atom is 0.191 e. The van der Waals surface area contributed by atoms with E-state index in [1.54, 1.807) is 0 Å². The molecule has 2 aromatic rings. The van der Waals surface area contributed by atoms with Gasteiger partial charge in [0.15, 0.2) is 5.96 Å². The van der Waals surface area contributed by atoms with E-state index in [2.05, 4.69) is 51.9 Å². The fourth-order valence-electron chi connectivity index (χ4n) is 4.05. The van der Waals surface area contributed by atoms with Crippen molar-refractivity contribution in [2.75, 3.05) is 13.6 Å². The van der Waals surface area contributed by atoms with Gasteiger partial charge in [-0.05, 0) is 43.7 Å². The molecule has 24 heavy (non-hydrogen) atoms. The second-order valence-corrected chi connectivity index (χ2v) is 6.92. The van der Waals surface area contributed by atoms with Crippen LogP contribution in [0.2, 0.25) is 0 Å². The molecule has 0 saturated carbocycles. The Kier molecular flexibility index (Phi) is 4.19. The second-order valence-electron chi connectivity index (χ2n) is 6.92. The molecular formula is C19H26N4O. The average molecular weight is 326 g/mol. The first-order valence-electron chi connectivity index (χ1n) is 8.93. The third kappa shape index (κ3) is 2.88. The Hall–Kier alpha value is -2.01. The molecule has 3 heterocycles. The van der Waals surface area contributed by atoms with Crippen LogP contribution in [0.4, 0.5) is 0 Å². The van der Waals surface area contributed by atoms with Crippen LogP contribution in [0.5, 0.6) is 0 Å². The Balaban J connectivity index is 1.33. The number of H-pyrrole nitrogens is 1. The number of guanidine groups is 1. The Morgan fingerprint density at radius 1 is 1.38 bits per heavy atom. The van der Waals surface area contributed by atoms with Crippen LogP contribution in [0.25, 0.3) is 10.9 Å². The fourth-order valence-corrected chi connectivity index (χ4v) is 4.05. The molecule has 1 aromatic heterocycles. The topological polar surface area (TPSA) is 61.4 Å². The van der Waals surface area contributed by atoms with Crippen LogP contribution in [0, 0.1) is 6.92 Å². The Labute approximate surface area is 142 Å². The van der Waals surface area contributed by atoms with E-state index in [1.165, 1.54) is 34.9 Å². The summed E-state index contributed by atoms with van der Waals surface area (Å²) >= 11 is 0. The molecule has 2 aliphatic heterocycles. The third-order valence-corrected chi connectivity index (χ3v) is 5.35. The molecule has 3 atom stereocenters. The molecule has 0 amide bonds. The van der Waals surface area contributed by atoms with E-state index in [-0.39, 0.29) is 0 Å². The molecule has 2 fully saturated rings. The molecule has 0 radical (unpaired) electrons. The summed E-state index contributed by atoms with van der Waals surface area (Å²) in [5, 5.41) is 8.29. The number of para-hydroxylation sites is 1. The van der Waals surface area contributed by atoms with Crippen LogP contribution in [-0.4, -0.2) is 42.8 Å². The van der Waals surface area contributed by atoms with Crippen molar-refractivity contribution in [1.29, 1.82) is 0 Å². The van der Waals surface area contributed by atoms with Gasteiger partial charge in [0.05, 0.1) is 18.2 Å². The van der Waals surface area contributed by atoms with Crippen LogP contribution in [0.1, 0.15) is 30.4 Å². The lowest BCUT2D eigenvalue weighted by atomic mass is 9.96. The molecule has 3 unspecified atom stereocenters. The highest BCUT2D eigenvalue weighted by molar-refractivity contribution is 5.86. The molecule has 1 aromatic carbocycles. The van der Waals surface area contributed by atoms with E-state index in [0.29, 0.717) is 18.2 Å². The highest BCUT2D eigenvalue weighted by Gasteiger charge is 2.41. The number of ether oxygens (including phenoxy) is 1. The second kappa shape index (κ2) is 6.48. The Morgan fingerprint density at radius 2 is 2.29 bits per heavy atom. The number of aliphatic imine (C=N–C) groups is 1. The lowest BCUT2D eigenvalue weighted by Crippen LogP contribution is -2.47. The number of fused-ring (bicyclic) bond motifs is 3. The zero-order valence-electron chi connectivity index (χ0n) is 14.4. The lowest BCUT2D eigenvalue weighted by Gasteiger charge is -2.22. The van der Waals surface area contributed by atoms with E-state index >= 15 is 0 Å². The molecule has 5 heteroatoms. The molecule has 2 aliphatic rings. The molecular weight excluding hydrogens is 300 g/mol. The van der Waals surface area contributed by atoms with Gasteiger partial charge in [0.1, 0.15) is 0 Å². The van der Waals surface area contributed by atoms with Crippen LogP contribution >= 0.6 is 0 Å². The standard InChI is InChI=1S/C19H26N4O/c1-12-4-3-5-15-13(11-22-18(12)15)8-9-21-19(20-2)23-16-10-14-6-7-17(16)24-14/h3-5,11,14,16-17,22H,6-10H2,1-2H3,(H2,20,21,23). The minimum Gasteiger partial charge on any atom is -0.373 e. The number of nitrogens with zero attached hydrogens (tertiary/aromatic N) is 1. The molecule has 2 bridgehead atoms. The van der Waals surface area contributed by atoms with Crippen molar-refractivity contribution in [3.8, 4) is 0 Å². The summed E-state index contributed by atoms with van der Waals surface area (Å²) in [5.41, 5.74) is 3.88. The number of aryl methyl sites for hydroxylation is 1. The van der Waals surface area contributed by atoms with Crippen LogP contribution in [0.15, 0.2) is 29.4 Å². The van der Waals surface area contributed by atoms with Gasteiger partial charge < -0.3 is 20.4 Å². The van der Waals surface area contributed by atoms with Crippen LogP contribution in [-0.2, 0) is 11.2 Å². The molecule has 0 spiro atoms. The van der Waals surface area contributed by atoms with Gasteiger partial charge in [0.25, 0.3) is 0 Å². The van der Waals surface area contributed by atoms with Gasteiger partial charge in [-0.15, -0.1) is 0 Å². The summed E-state index contributed by atoms with van der Waals surface area (Å²) in [6.45, 7) is 3.01. The predicted molar refractivity (Wildman–Crippen MR) is 97.5 cm³/mol. The first-order valence-corrected chi connectivity index (χ1v) is 8.93. The summed E-state index contributed by atoms with van der Waals surface area (Å²) < 4.78 is 5.90. The van der Waals surface area contributed by atoms with Crippen LogP contribution in [0.3, 0.4) is 0 Å². The zero-order valence-corrected chi connectivity index (χ0v) is 14.4. The van der Waals surface area contributed by atoms with Gasteiger partial charge in [-0.25, -0.2) is 0 Å². The lowest BCUT2D eigenvalue weighted by molar-refractivity contribution is 0.0992. The zero-order chi connectivity index (χ0) is 16.5. The molecule has 4 rings (SSSR count). The summed E-state index contributed by atoms with van der Waals surface area (Å²) in [5.74, 6) is 0.882. The number of nitrogens with one attached hydrogen (secondary N) is 3. The van der Waals surface area contributed by atoms with Crippen molar-refractivity contribution in [3.63, 3.8) is 0 Å². The largest absolute Gasteiger partial charge is 0.373 e. The smallest absolute Gasteiger partial charge is 0.191 e. The maximum atomic E-state index is 5.90. The van der Waals surface area contributed by atoms with Crippen molar-refractivity contribution in [2.45, 2.75) is 50.9 Å². The van der Waals surface area contributed by atoms with E-state index in [0.717, 1.165) is 25.3 Å². The summed E-state index contributed by atoms with van der Waals surface area (Å²) in [4.78, 5) is 7.76. The van der Waals surface area contributed by atoms with E-state index in [9.17, 15) is 0 Å². The van der Waals surface area contributed by atoms with Crippen molar-refractivity contribution < 1.29 is 4.74 Å². The number of aromatic nitrogens is 1. The summed E-state index contributed by atoms with van der Waals surface area (Å²) in [6, 6.07) is 6.86. The minimum atomic E-state index is 0.366. The first-order chi connectivity index (χ1) is 11.7. The molecule has 3 N–H and O–H groups in total. The van der Waals surface area contributed by atoms with Crippen molar-refractivity contribution >= 4 is 16.9 Å². The Bertz CT molecular complexity index is 751. The van der Waals surface area contributed by atoms with Crippen molar-refractivity contribution in [1.82, 2.24) is 15.6 Å². The normalized spacial score (nSPS) is 26.2. The highest BCUT2D eigenvalue weighted by atomic mass is 16.5. The van der Waals surface area contributed by atoms with Gasteiger partial charge in [0, 0.05) is 30.7 Å². The number of benzene rings is 1. The maximum absolute atomic E-state index is 5.90. The minimum absolute atomic E-state index is 0.366. The molecule has 0 aliphatic carbocycles. The number of rotatable bonds is 4. The monoisotopic (exact) mass is 326 g/mol. The van der Waals surface area contributed by atoms with Gasteiger partial charge >= 0.3 is 0 Å². The van der Waals surface area contributed by atoms with Gasteiger partial charge in [0.2, 0.25) is 0 Å². The van der Waals surface area contributed by atoms with E-state index in [4.69, 9.17) is 4.74 Å². The van der Waals surface area contributed by atoms with E-state index in [1.807, 2.05) is 7.05 Å². The molecule has 2 saturated heterocycles. The highest BCUT2D eigenvalue weighted by Crippen LogP contribution is 2.34. The van der Waals surface area contributed by atoms with Gasteiger partial charge in [-0.1, -0.05) is 18.2 Å². The fraction of sp³-hybridized carbons (Fsp3) is 0.526. The predicted octanol–water partition coefficient (Wildman–Crippen LogP) is 2.50. The van der Waals surface area contributed by atoms with Gasteiger partial charge in [-0.2, -0.15) is 0 Å². The van der Waals surface area contributed by atoms with Crippen molar-refractivity contribution in [3.05, 3.63) is 35.5 Å². The Morgan fingerprint density at radius 3 is 3.04 bits per heavy atom. The average Bonchev–Trinajstić information content (AvgIpc) is 3.30. The van der Waals surface area contributed by atoms with Crippen molar-refractivity contribution in [2.24, 2.45) is 4.99 Å². The SMILES string of the molecule is CN=C(NCCc1c[nH]c2c(C)cccc12)NC1CC2CCC1O2. The molecule has 128 valence electrons. The third-order valence-electron chi connectivity index (χ3n) is 5.35.